The Hall–Kier alpha value is -3.05. The van der Waals surface area contributed by atoms with Crippen molar-refractivity contribution in [1.29, 1.82) is 0 Å². The third-order valence-electron chi connectivity index (χ3n) is 5.03. The molecule has 3 N–H and O–H groups in total. The Kier molecular flexibility index (Phi) is 6.04. The lowest BCUT2D eigenvalue weighted by molar-refractivity contribution is -0.120. The average molecular weight is 434 g/mol. The molecule has 11 heteroatoms. The molecule has 1 aromatic carbocycles. The second-order valence-corrected chi connectivity index (χ2v) is 9.04. The zero-order valence-electron chi connectivity index (χ0n) is 16.5. The van der Waals surface area contributed by atoms with Gasteiger partial charge >= 0.3 is 5.69 Å². The highest BCUT2D eigenvalue weighted by atomic mass is 32.2. The van der Waals surface area contributed by atoms with E-state index in [0.29, 0.717) is 11.3 Å². The van der Waals surface area contributed by atoms with Crippen LogP contribution in [0.15, 0.2) is 38.8 Å². The molecule has 160 valence electrons. The quantitative estimate of drug-likeness (QED) is 0.587. The molecule has 1 aromatic heterocycles. The predicted molar refractivity (Wildman–Crippen MR) is 109 cm³/mol. The normalized spacial score (nSPS) is 15.7. The molecule has 1 saturated heterocycles. The number of anilines is 1. The van der Waals surface area contributed by atoms with E-state index in [9.17, 15) is 27.6 Å². The molecule has 2 heterocycles. The number of nitrogens with zero attached hydrogens (tertiary/aromatic N) is 1. The smallest absolute Gasteiger partial charge is 0.325 e. The number of ketones is 1. The van der Waals surface area contributed by atoms with Gasteiger partial charge in [-0.05, 0) is 38.8 Å². The van der Waals surface area contributed by atoms with Crippen LogP contribution in [-0.2, 0) is 14.8 Å². The Morgan fingerprint density at radius 3 is 2.40 bits per heavy atom. The molecule has 1 fully saturated rings. The minimum atomic E-state index is -4.11. The van der Waals surface area contributed by atoms with Crippen LogP contribution in [0.2, 0.25) is 0 Å². The number of aryl methyl sites for hydroxylation is 1. The zero-order chi connectivity index (χ0) is 22.1. The summed E-state index contributed by atoms with van der Waals surface area (Å²) in [7, 11) is -4.11. The van der Waals surface area contributed by atoms with Crippen molar-refractivity contribution in [3.8, 4) is 0 Å². The molecule has 2 aromatic rings. The first-order chi connectivity index (χ1) is 14.1. The van der Waals surface area contributed by atoms with Crippen molar-refractivity contribution in [3.63, 3.8) is 0 Å². The Balaban J connectivity index is 1.69. The Bertz CT molecular complexity index is 1210. The average Bonchev–Trinajstić information content (AvgIpc) is 2.67. The van der Waals surface area contributed by atoms with Gasteiger partial charge < -0.3 is 10.3 Å². The summed E-state index contributed by atoms with van der Waals surface area (Å²) in [6.45, 7) is 2.91. The summed E-state index contributed by atoms with van der Waals surface area (Å²) in [5, 5.41) is 2.76. The number of hydrogen-bond donors (Lipinski definition) is 3. The molecule has 0 atom stereocenters. The van der Waals surface area contributed by atoms with Crippen LogP contribution in [0.25, 0.3) is 0 Å². The largest absolute Gasteiger partial charge is 0.326 e. The van der Waals surface area contributed by atoms with Crippen molar-refractivity contribution in [1.82, 2.24) is 14.3 Å². The molecular weight excluding hydrogens is 412 g/mol. The van der Waals surface area contributed by atoms with Gasteiger partial charge in [0, 0.05) is 36.0 Å². The van der Waals surface area contributed by atoms with E-state index >= 15 is 0 Å². The fourth-order valence-corrected chi connectivity index (χ4v) is 5.12. The number of aromatic nitrogens is 2. The second-order valence-electron chi connectivity index (χ2n) is 7.17. The van der Waals surface area contributed by atoms with Gasteiger partial charge in [-0.3, -0.25) is 19.4 Å². The number of carbonyl (C=O) groups is 2. The highest BCUT2D eigenvalue weighted by molar-refractivity contribution is 7.89. The van der Waals surface area contributed by atoms with Crippen LogP contribution in [0, 0.1) is 12.8 Å². The molecule has 3 rings (SSSR count). The number of H-pyrrole nitrogens is 2. The van der Waals surface area contributed by atoms with Gasteiger partial charge in [-0.1, -0.05) is 12.1 Å². The van der Waals surface area contributed by atoms with Crippen LogP contribution < -0.4 is 16.6 Å². The Morgan fingerprint density at radius 1 is 1.13 bits per heavy atom. The van der Waals surface area contributed by atoms with Gasteiger partial charge in [0.15, 0.2) is 10.7 Å². The number of amides is 1. The Morgan fingerprint density at radius 2 is 1.80 bits per heavy atom. The second kappa shape index (κ2) is 8.36. The van der Waals surface area contributed by atoms with E-state index in [1.165, 1.54) is 13.8 Å². The summed E-state index contributed by atoms with van der Waals surface area (Å²) in [4.78, 5) is 51.1. The van der Waals surface area contributed by atoms with Crippen molar-refractivity contribution in [2.24, 2.45) is 5.92 Å². The van der Waals surface area contributed by atoms with E-state index in [2.05, 4.69) is 10.3 Å². The van der Waals surface area contributed by atoms with Crippen LogP contribution in [0.5, 0.6) is 0 Å². The maximum atomic E-state index is 12.9. The molecule has 0 saturated carbocycles. The van der Waals surface area contributed by atoms with Gasteiger partial charge in [-0.25, -0.2) is 13.2 Å². The minimum Gasteiger partial charge on any atom is -0.326 e. The van der Waals surface area contributed by atoms with Crippen LogP contribution in [-0.4, -0.2) is 47.5 Å². The zero-order valence-corrected chi connectivity index (χ0v) is 17.3. The third kappa shape index (κ3) is 4.41. The van der Waals surface area contributed by atoms with Gasteiger partial charge in [0.25, 0.3) is 5.56 Å². The predicted octanol–water partition coefficient (Wildman–Crippen LogP) is 0.614. The van der Waals surface area contributed by atoms with Crippen molar-refractivity contribution in [2.75, 3.05) is 18.4 Å². The van der Waals surface area contributed by atoms with Crippen molar-refractivity contribution >= 4 is 27.4 Å². The topological polar surface area (TPSA) is 149 Å². The van der Waals surface area contributed by atoms with Crippen LogP contribution in [0.1, 0.15) is 35.8 Å². The first kappa shape index (κ1) is 21.7. The van der Waals surface area contributed by atoms with Gasteiger partial charge in [-0.15, -0.1) is 0 Å². The lowest BCUT2D eigenvalue weighted by Gasteiger charge is -2.30. The molecule has 0 spiro atoms. The number of rotatable bonds is 5. The van der Waals surface area contributed by atoms with Gasteiger partial charge in [0.1, 0.15) is 0 Å². The number of Topliss-reactive ketones (excluding diaryl/α,β-unsaturated/α-hetero) is 1. The standard InChI is InChI=1S/C19H22N4O6S/c1-11-16(18(26)22-19(27)20-11)30(28,29)23-8-6-13(7-9-23)17(25)21-15-5-3-4-14(10-15)12(2)24/h3-5,10,13H,6-9H2,1-2H3,(H,21,25)(H2,20,22,26,27). The molecule has 0 bridgehead atoms. The number of aromatic amines is 2. The van der Waals surface area contributed by atoms with Gasteiger partial charge in [-0.2, -0.15) is 4.31 Å². The minimum absolute atomic E-state index is 0.0334. The van der Waals surface area contributed by atoms with E-state index in [1.807, 2.05) is 4.98 Å². The van der Waals surface area contributed by atoms with Crippen LogP contribution >= 0.6 is 0 Å². The van der Waals surface area contributed by atoms with E-state index in [0.717, 1.165) is 4.31 Å². The lowest BCUT2D eigenvalue weighted by atomic mass is 9.97. The van der Waals surface area contributed by atoms with Gasteiger partial charge in [0.2, 0.25) is 15.9 Å². The van der Waals surface area contributed by atoms with Crippen molar-refractivity contribution < 1.29 is 18.0 Å². The number of hydrogen-bond acceptors (Lipinski definition) is 6. The summed E-state index contributed by atoms with van der Waals surface area (Å²) in [5.74, 6) is -0.782. The summed E-state index contributed by atoms with van der Waals surface area (Å²) >= 11 is 0. The maximum absolute atomic E-state index is 12.9. The van der Waals surface area contributed by atoms with E-state index in [-0.39, 0.29) is 43.3 Å². The third-order valence-corrected chi connectivity index (χ3v) is 7.09. The molecule has 30 heavy (non-hydrogen) atoms. The number of benzene rings is 1. The summed E-state index contributed by atoms with van der Waals surface area (Å²) in [6, 6.07) is 6.59. The summed E-state index contributed by atoms with van der Waals surface area (Å²) in [6.07, 6.45) is 0.551. The highest BCUT2D eigenvalue weighted by Crippen LogP contribution is 2.24. The van der Waals surface area contributed by atoms with Crippen molar-refractivity contribution in [2.45, 2.75) is 31.6 Å². The molecule has 1 amide bonds. The molecule has 1 aliphatic rings. The lowest BCUT2D eigenvalue weighted by Crippen LogP contribution is -2.44. The summed E-state index contributed by atoms with van der Waals surface area (Å²) < 4.78 is 26.9. The Labute approximate surface area is 172 Å². The number of piperidine rings is 1. The fourth-order valence-electron chi connectivity index (χ4n) is 3.45. The molecule has 10 nitrogen and oxygen atoms in total. The first-order valence-electron chi connectivity index (χ1n) is 9.35. The molecule has 1 aliphatic heterocycles. The van der Waals surface area contributed by atoms with Gasteiger partial charge in [0.05, 0.1) is 0 Å². The number of carbonyl (C=O) groups excluding carboxylic acids is 2. The molecule has 0 unspecified atom stereocenters. The monoisotopic (exact) mass is 434 g/mol. The highest BCUT2D eigenvalue weighted by Gasteiger charge is 2.34. The number of nitrogens with one attached hydrogen (secondary N) is 3. The van der Waals surface area contributed by atoms with Crippen LogP contribution in [0.4, 0.5) is 5.69 Å². The SMILES string of the molecule is CC(=O)c1cccc(NC(=O)C2CCN(S(=O)(=O)c3c(C)[nH]c(=O)[nH]c3=O)CC2)c1. The van der Waals surface area contributed by atoms with Crippen LogP contribution in [0.3, 0.4) is 0 Å². The molecule has 0 radical (unpaired) electrons. The maximum Gasteiger partial charge on any atom is 0.325 e. The number of sulfonamides is 1. The van der Waals surface area contributed by atoms with E-state index in [1.54, 1.807) is 24.3 Å². The van der Waals surface area contributed by atoms with E-state index < -0.39 is 32.1 Å². The fraction of sp³-hybridized carbons (Fsp3) is 0.368. The molecular formula is C19H22N4O6S. The summed E-state index contributed by atoms with van der Waals surface area (Å²) in [5.41, 5.74) is -0.801. The molecule has 0 aliphatic carbocycles. The van der Waals surface area contributed by atoms with Crippen molar-refractivity contribution in [3.05, 3.63) is 56.4 Å². The van der Waals surface area contributed by atoms with E-state index in [4.69, 9.17) is 0 Å². The first-order valence-corrected chi connectivity index (χ1v) is 10.8.